The van der Waals surface area contributed by atoms with Crippen LogP contribution in [0.3, 0.4) is 0 Å². The number of likely N-dealkylation sites (N-methyl/N-ethyl adjacent to an activating group) is 1. The van der Waals surface area contributed by atoms with Gasteiger partial charge in [0.2, 0.25) is 5.91 Å². The first-order valence-corrected chi connectivity index (χ1v) is 14.5. The fraction of sp³-hybridized carbons (Fsp3) is 0.394. The molecule has 1 aliphatic rings. The number of aromatic hydroxyl groups is 1. The molecule has 3 aromatic rings. The maximum atomic E-state index is 12.4. The predicted molar refractivity (Wildman–Crippen MR) is 160 cm³/mol. The Morgan fingerprint density at radius 1 is 0.977 bits per heavy atom. The van der Waals surface area contributed by atoms with Gasteiger partial charge < -0.3 is 40.1 Å². The lowest BCUT2D eigenvalue weighted by Crippen LogP contribution is -2.39. The Kier molecular flexibility index (Phi) is 11.7. The summed E-state index contributed by atoms with van der Waals surface area (Å²) in [7, 11) is 1.90. The summed E-state index contributed by atoms with van der Waals surface area (Å²) >= 11 is 0. The first kappa shape index (κ1) is 32.1. The van der Waals surface area contributed by atoms with Gasteiger partial charge in [-0.05, 0) is 60.8 Å². The van der Waals surface area contributed by atoms with Crippen LogP contribution in [-0.4, -0.2) is 63.4 Å². The number of carbonyl (C=O) groups excluding carboxylic acids is 1. The summed E-state index contributed by atoms with van der Waals surface area (Å²) in [5.41, 5.74) is 3.69. The number of nitrogens with zero attached hydrogens (tertiary/aromatic N) is 1. The average Bonchev–Trinajstić information content (AvgIpc) is 2.99. The van der Waals surface area contributed by atoms with Crippen LogP contribution in [0.25, 0.3) is 0 Å². The van der Waals surface area contributed by atoms with E-state index in [-0.39, 0.29) is 43.3 Å². The molecule has 1 aliphatic heterocycles. The van der Waals surface area contributed by atoms with Crippen molar-refractivity contribution in [1.82, 2.24) is 4.90 Å². The van der Waals surface area contributed by atoms with E-state index in [1.165, 1.54) is 0 Å². The van der Waals surface area contributed by atoms with Gasteiger partial charge in [-0.15, -0.1) is 0 Å². The number of carboxylic acids is 1. The zero-order valence-corrected chi connectivity index (χ0v) is 24.3. The van der Waals surface area contributed by atoms with Gasteiger partial charge in [0.25, 0.3) is 0 Å². The van der Waals surface area contributed by atoms with E-state index in [2.05, 4.69) is 5.32 Å². The van der Waals surface area contributed by atoms with Gasteiger partial charge in [0, 0.05) is 43.6 Å². The number of amides is 1. The first-order chi connectivity index (χ1) is 20.7. The summed E-state index contributed by atoms with van der Waals surface area (Å²) in [5, 5.41) is 41.7. The number of unbranched alkanes of at least 4 members (excludes halogenated alkanes) is 1. The summed E-state index contributed by atoms with van der Waals surface area (Å²) in [5.74, 6) is -0.971. The van der Waals surface area contributed by atoms with E-state index in [1.807, 2.05) is 54.4 Å². The molecule has 0 spiro atoms. The molecule has 0 saturated carbocycles. The van der Waals surface area contributed by atoms with E-state index in [0.29, 0.717) is 43.6 Å². The van der Waals surface area contributed by atoms with Gasteiger partial charge in [0.05, 0.1) is 24.9 Å². The molecular formula is C33H40N2O8. The molecule has 1 heterocycles. The van der Waals surface area contributed by atoms with Gasteiger partial charge in [0.1, 0.15) is 5.75 Å². The highest BCUT2D eigenvalue weighted by atomic mass is 16.7. The molecule has 10 heteroatoms. The zero-order valence-electron chi connectivity index (χ0n) is 24.3. The van der Waals surface area contributed by atoms with Crippen molar-refractivity contribution in [2.75, 3.05) is 25.5 Å². The van der Waals surface area contributed by atoms with Crippen LogP contribution in [-0.2, 0) is 25.7 Å². The number of phenolic OH excluding ortho intramolecular Hbond substituents is 1. The molecule has 43 heavy (non-hydrogen) atoms. The van der Waals surface area contributed by atoms with Crippen LogP contribution in [0.2, 0.25) is 0 Å². The van der Waals surface area contributed by atoms with Crippen LogP contribution in [0, 0.1) is 0 Å². The summed E-state index contributed by atoms with van der Waals surface area (Å²) in [6, 6.07) is 21.5. The molecule has 3 aromatic carbocycles. The van der Waals surface area contributed by atoms with Crippen molar-refractivity contribution >= 4 is 17.6 Å². The standard InChI is InChI=1S/C33H40N2O8/c1-35(20-29(38)24-6-5-9-27(37)17-24)19-28-18-30(23-14-12-22(21-36)13-15-23)43-33(42-28)25-7-4-8-26(16-25)34-31(39)10-2-3-11-32(40)41/h4-9,12-17,28-30,33,36-38H,2-3,10-11,18-21H2,1H3,(H,34,39)(H,40,41). The maximum absolute atomic E-state index is 12.4. The molecule has 0 radical (unpaired) electrons. The minimum Gasteiger partial charge on any atom is -0.508 e. The second-order valence-corrected chi connectivity index (χ2v) is 11.0. The maximum Gasteiger partial charge on any atom is 0.303 e. The van der Waals surface area contributed by atoms with Crippen molar-refractivity contribution in [3.63, 3.8) is 0 Å². The number of hydrogen-bond acceptors (Lipinski definition) is 8. The van der Waals surface area contributed by atoms with Crippen LogP contribution in [0.1, 0.15) is 72.9 Å². The molecule has 1 amide bonds. The lowest BCUT2D eigenvalue weighted by molar-refractivity contribution is -0.252. The highest BCUT2D eigenvalue weighted by Crippen LogP contribution is 2.38. The normalized spacial score (nSPS) is 19.2. The van der Waals surface area contributed by atoms with E-state index in [1.54, 1.807) is 30.3 Å². The Balaban J connectivity index is 1.45. The number of carbonyl (C=O) groups is 2. The van der Waals surface area contributed by atoms with Gasteiger partial charge in [0.15, 0.2) is 6.29 Å². The van der Waals surface area contributed by atoms with E-state index in [0.717, 1.165) is 16.7 Å². The molecule has 10 nitrogen and oxygen atoms in total. The molecule has 0 aromatic heterocycles. The monoisotopic (exact) mass is 592 g/mol. The topological polar surface area (TPSA) is 149 Å². The lowest BCUT2D eigenvalue weighted by Gasteiger charge is -2.38. The van der Waals surface area contributed by atoms with Crippen molar-refractivity contribution in [1.29, 1.82) is 0 Å². The van der Waals surface area contributed by atoms with E-state index in [4.69, 9.17) is 14.6 Å². The Hall–Kier alpha value is -3.80. The zero-order chi connectivity index (χ0) is 30.8. The number of aliphatic carboxylic acids is 1. The molecule has 0 aliphatic carbocycles. The van der Waals surface area contributed by atoms with Crippen LogP contribution in [0.15, 0.2) is 72.8 Å². The van der Waals surface area contributed by atoms with E-state index in [9.17, 15) is 24.9 Å². The molecule has 4 rings (SSSR count). The number of phenols is 1. The SMILES string of the molecule is CN(CC1CC(c2ccc(CO)cc2)OC(c2cccc(NC(=O)CCCCC(=O)O)c2)O1)CC(O)c1cccc(O)c1. The Bertz CT molecular complexity index is 1350. The highest BCUT2D eigenvalue weighted by Gasteiger charge is 2.33. The largest absolute Gasteiger partial charge is 0.508 e. The predicted octanol–water partition coefficient (Wildman–Crippen LogP) is 4.68. The molecule has 0 bridgehead atoms. The van der Waals surface area contributed by atoms with Crippen molar-refractivity contribution < 1.29 is 39.5 Å². The van der Waals surface area contributed by atoms with Gasteiger partial charge in [-0.3, -0.25) is 9.59 Å². The molecule has 1 saturated heterocycles. The van der Waals surface area contributed by atoms with Gasteiger partial charge >= 0.3 is 5.97 Å². The molecular weight excluding hydrogens is 552 g/mol. The van der Waals surface area contributed by atoms with Gasteiger partial charge in [-0.2, -0.15) is 0 Å². The van der Waals surface area contributed by atoms with E-state index >= 15 is 0 Å². The van der Waals surface area contributed by atoms with Crippen molar-refractivity contribution in [3.05, 3.63) is 95.1 Å². The number of aliphatic hydroxyl groups is 2. The Labute approximate surface area is 251 Å². The third kappa shape index (κ3) is 9.87. The summed E-state index contributed by atoms with van der Waals surface area (Å²) in [4.78, 5) is 25.1. The summed E-state index contributed by atoms with van der Waals surface area (Å²) < 4.78 is 12.8. The molecule has 4 atom stereocenters. The van der Waals surface area contributed by atoms with Gasteiger partial charge in [-0.1, -0.05) is 48.5 Å². The second kappa shape index (κ2) is 15.6. The molecule has 4 unspecified atom stereocenters. The number of anilines is 1. The van der Waals surface area contributed by atoms with Crippen molar-refractivity contribution in [2.24, 2.45) is 0 Å². The Morgan fingerprint density at radius 2 is 1.72 bits per heavy atom. The fourth-order valence-electron chi connectivity index (χ4n) is 5.14. The average molecular weight is 593 g/mol. The number of rotatable bonds is 14. The Morgan fingerprint density at radius 3 is 2.44 bits per heavy atom. The lowest BCUT2D eigenvalue weighted by atomic mass is 9.99. The fourth-order valence-corrected chi connectivity index (χ4v) is 5.14. The smallest absolute Gasteiger partial charge is 0.303 e. The number of hydrogen-bond donors (Lipinski definition) is 5. The van der Waals surface area contributed by atoms with Gasteiger partial charge in [-0.25, -0.2) is 0 Å². The summed E-state index contributed by atoms with van der Waals surface area (Å²) in [6.07, 6.45) is -0.321. The van der Waals surface area contributed by atoms with Crippen molar-refractivity contribution in [2.45, 2.75) is 63.3 Å². The van der Waals surface area contributed by atoms with Crippen LogP contribution in [0.5, 0.6) is 5.75 Å². The highest BCUT2D eigenvalue weighted by molar-refractivity contribution is 5.90. The summed E-state index contributed by atoms with van der Waals surface area (Å²) in [6.45, 7) is 0.789. The van der Waals surface area contributed by atoms with E-state index < -0.39 is 18.4 Å². The van der Waals surface area contributed by atoms with Crippen LogP contribution < -0.4 is 5.32 Å². The minimum absolute atomic E-state index is 0.0359. The number of ether oxygens (including phenoxy) is 2. The van der Waals surface area contributed by atoms with Crippen LogP contribution >= 0.6 is 0 Å². The number of benzene rings is 3. The quantitative estimate of drug-likeness (QED) is 0.168. The molecule has 1 fully saturated rings. The third-order valence-corrected chi connectivity index (χ3v) is 7.36. The molecule has 5 N–H and O–H groups in total. The number of nitrogens with one attached hydrogen (secondary N) is 1. The van der Waals surface area contributed by atoms with Crippen LogP contribution in [0.4, 0.5) is 5.69 Å². The first-order valence-electron chi connectivity index (χ1n) is 14.5. The third-order valence-electron chi connectivity index (χ3n) is 7.36. The number of carboxylic acid groups (broad SMARTS) is 1. The minimum atomic E-state index is -0.875. The number of aliphatic hydroxyl groups excluding tert-OH is 2. The second-order valence-electron chi connectivity index (χ2n) is 11.0. The molecule has 230 valence electrons. The van der Waals surface area contributed by atoms with Crippen molar-refractivity contribution in [3.8, 4) is 5.75 Å².